The van der Waals surface area contributed by atoms with Gasteiger partial charge in [-0.2, -0.15) is 0 Å². The highest BCUT2D eigenvalue weighted by Crippen LogP contribution is 2.26. The number of hydrogen-bond donors (Lipinski definition) is 2. The van der Waals surface area contributed by atoms with Crippen molar-refractivity contribution in [3.63, 3.8) is 0 Å². The Bertz CT molecular complexity index is 833. The Hall–Kier alpha value is -2.55. The van der Waals surface area contributed by atoms with E-state index in [0.29, 0.717) is 18.0 Å². The molecule has 1 aliphatic heterocycles. The van der Waals surface area contributed by atoms with Gasteiger partial charge in [-0.1, -0.05) is 5.21 Å². The number of hydrogen-bond acceptors (Lipinski definition) is 7. The quantitative estimate of drug-likeness (QED) is 0.705. The van der Waals surface area contributed by atoms with Gasteiger partial charge < -0.3 is 15.0 Å². The zero-order chi connectivity index (χ0) is 17.2. The molecule has 1 aliphatic rings. The summed E-state index contributed by atoms with van der Waals surface area (Å²) in [6.07, 6.45) is 7.48. The lowest BCUT2D eigenvalue weighted by atomic mass is 9.97. The molecule has 132 valence electrons. The first kappa shape index (κ1) is 15.9. The molecular weight excluding hydrogens is 320 g/mol. The van der Waals surface area contributed by atoms with Crippen molar-refractivity contribution in [3.05, 3.63) is 24.5 Å². The summed E-state index contributed by atoms with van der Waals surface area (Å²) >= 11 is 0. The fraction of sp³-hybridized carbons (Fsp3) is 0.562. The standard InChI is InChI=1S/C16H22N8O/c1-11(25)6-13-8-24(22-21-13)7-12-2-4-23(5-3-12)16-14-15(18-9-17-14)19-10-20-16/h8-12,25H,2-7H2,1H3,(H,17,18,19,20). The van der Waals surface area contributed by atoms with E-state index in [2.05, 4.69) is 35.1 Å². The molecule has 1 fully saturated rings. The number of aliphatic hydroxyl groups excluding tert-OH is 1. The van der Waals surface area contributed by atoms with Crippen LogP contribution in [0.15, 0.2) is 18.9 Å². The maximum atomic E-state index is 9.43. The molecule has 0 amide bonds. The van der Waals surface area contributed by atoms with Gasteiger partial charge in [0.2, 0.25) is 0 Å². The van der Waals surface area contributed by atoms with Crippen molar-refractivity contribution in [2.24, 2.45) is 5.92 Å². The molecule has 1 atom stereocenters. The van der Waals surface area contributed by atoms with E-state index >= 15 is 0 Å². The van der Waals surface area contributed by atoms with E-state index in [1.54, 1.807) is 19.6 Å². The Morgan fingerprint density at radius 2 is 2.12 bits per heavy atom. The number of aromatic nitrogens is 7. The van der Waals surface area contributed by atoms with Crippen LogP contribution in [0.3, 0.4) is 0 Å². The predicted molar refractivity (Wildman–Crippen MR) is 92.0 cm³/mol. The van der Waals surface area contributed by atoms with E-state index in [-0.39, 0.29) is 6.10 Å². The van der Waals surface area contributed by atoms with Crippen LogP contribution in [-0.4, -0.2) is 59.2 Å². The number of rotatable bonds is 5. The average Bonchev–Trinajstić information content (AvgIpc) is 3.24. The highest BCUT2D eigenvalue weighted by molar-refractivity contribution is 5.82. The molecule has 1 saturated heterocycles. The summed E-state index contributed by atoms with van der Waals surface area (Å²) in [5.74, 6) is 1.50. The first-order chi connectivity index (χ1) is 12.2. The number of aromatic amines is 1. The van der Waals surface area contributed by atoms with Gasteiger partial charge in [-0.15, -0.1) is 5.10 Å². The molecule has 0 aliphatic carbocycles. The third-order valence-electron chi connectivity index (χ3n) is 4.65. The molecule has 3 aromatic rings. The number of nitrogens with one attached hydrogen (secondary N) is 1. The lowest BCUT2D eigenvalue weighted by molar-refractivity contribution is 0.194. The lowest BCUT2D eigenvalue weighted by Crippen LogP contribution is -2.35. The molecule has 0 radical (unpaired) electrons. The van der Waals surface area contributed by atoms with Crippen molar-refractivity contribution in [2.45, 2.75) is 38.8 Å². The average molecular weight is 342 g/mol. The fourth-order valence-corrected chi connectivity index (χ4v) is 3.41. The Balaban J connectivity index is 1.37. The Morgan fingerprint density at radius 3 is 2.92 bits per heavy atom. The summed E-state index contributed by atoms with van der Waals surface area (Å²) in [7, 11) is 0. The normalized spacial score (nSPS) is 17.3. The van der Waals surface area contributed by atoms with E-state index in [9.17, 15) is 5.11 Å². The number of anilines is 1. The third kappa shape index (κ3) is 3.46. The van der Waals surface area contributed by atoms with Gasteiger partial charge >= 0.3 is 0 Å². The minimum atomic E-state index is -0.388. The molecule has 3 aromatic heterocycles. The summed E-state index contributed by atoms with van der Waals surface area (Å²) in [5, 5.41) is 17.7. The summed E-state index contributed by atoms with van der Waals surface area (Å²) in [5.41, 5.74) is 2.45. The second-order valence-corrected chi connectivity index (χ2v) is 6.71. The Morgan fingerprint density at radius 1 is 1.28 bits per heavy atom. The molecular formula is C16H22N8O. The van der Waals surface area contributed by atoms with Gasteiger partial charge in [0.25, 0.3) is 0 Å². The van der Waals surface area contributed by atoms with E-state index in [0.717, 1.165) is 49.5 Å². The van der Waals surface area contributed by atoms with Crippen LogP contribution in [0.5, 0.6) is 0 Å². The highest BCUT2D eigenvalue weighted by Gasteiger charge is 2.23. The van der Waals surface area contributed by atoms with Crippen molar-refractivity contribution in [1.29, 1.82) is 0 Å². The van der Waals surface area contributed by atoms with Gasteiger partial charge in [-0.3, -0.25) is 4.68 Å². The number of imidazole rings is 1. The number of fused-ring (bicyclic) bond motifs is 1. The molecule has 0 bridgehead atoms. The molecule has 9 nitrogen and oxygen atoms in total. The van der Waals surface area contributed by atoms with Crippen molar-refractivity contribution in [2.75, 3.05) is 18.0 Å². The van der Waals surface area contributed by atoms with Gasteiger partial charge in [-0.05, 0) is 25.7 Å². The number of piperidine rings is 1. The zero-order valence-corrected chi connectivity index (χ0v) is 14.2. The van der Waals surface area contributed by atoms with Crippen LogP contribution in [0, 0.1) is 5.92 Å². The number of H-pyrrole nitrogens is 1. The molecule has 0 saturated carbocycles. The van der Waals surface area contributed by atoms with Gasteiger partial charge in [0, 0.05) is 32.3 Å². The molecule has 4 heterocycles. The SMILES string of the molecule is CC(O)Cc1cn(CC2CCN(c3ncnc4nc[nH]c34)CC2)nn1. The minimum absolute atomic E-state index is 0.388. The molecule has 1 unspecified atom stereocenters. The van der Waals surface area contributed by atoms with Crippen LogP contribution in [-0.2, 0) is 13.0 Å². The van der Waals surface area contributed by atoms with Crippen LogP contribution in [0.2, 0.25) is 0 Å². The van der Waals surface area contributed by atoms with Gasteiger partial charge in [0.1, 0.15) is 11.8 Å². The van der Waals surface area contributed by atoms with Crippen LogP contribution >= 0.6 is 0 Å². The molecule has 0 spiro atoms. The van der Waals surface area contributed by atoms with E-state index in [4.69, 9.17) is 0 Å². The predicted octanol–water partition coefficient (Wildman–Crippen LogP) is 0.784. The number of aliphatic hydroxyl groups is 1. The third-order valence-corrected chi connectivity index (χ3v) is 4.65. The number of nitrogens with zero attached hydrogens (tertiary/aromatic N) is 7. The maximum absolute atomic E-state index is 9.43. The molecule has 25 heavy (non-hydrogen) atoms. The molecule has 4 rings (SSSR count). The second-order valence-electron chi connectivity index (χ2n) is 6.71. The van der Waals surface area contributed by atoms with E-state index in [1.807, 2.05) is 10.9 Å². The first-order valence-electron chi connectivity index (χ1n) is 8.65. The zero-order valence-electron chi connectivity index (χ0n) is 14.2. The summed E-state index contributed by atoms with van der Waals surface area (Å²) < 4.78 is 1.90. The lowest BCUT2D eigenvalue weighted by Gasteiger charge is -2.32. The highest BCUT2D eigenvalue weighted by atomic mass is 16.3. The monoisotopic (exact) mass is 342 g/mol. The summed E-state index contributed by atoms with van der Waals surface area (Å²) in [6, 6.07) is 0. The Kier molecular flexibility index (Phi) is 4.31. The van der Waals surface area contributed by atoms with Crippen molar-refractivity contribution < 1.29 is 5.11 Å². The van der Waals surface area contributed by atoms with Crippen molar-refractivity contribution >= 4 is 17.0 Å². The molecule has 0 aromatic carbocycles. The van der Waals surface area contributed by atoms with E-state index < -0.39 is 0 Å². The van der Waals surface area contributed by atoms with Crippen molar-refractivity contribution in [3.8, 4) is 0 Å². The second kappa shape index (κ2) is 6.75. The smallest absolute Gasteiger partial charge is 0.182 e. The van der Waals surface area contributed by atoms with Crippen LogP contribution in [0.25, 0.3) is 11.2 Å². The molecule has 9 heteroatoms. The largest absolute Gasteiger partial charge is 0.393 e. The van der Waals surface area contributed by atoms with E-state index in [1.165, 1.54) is 0 Å². The first-order valence-corrected chi connectivity index (χ1v) is 8.65. The molecule has 2 N–H and O–H groups in total. The van der Waals surface area contributed by atoms with Gasteiger partial charge in [-0.25, -0.2) is 15.0 Å². The van der Waals surface area contributed by atoms with Crippen LogP contribution < -0.4 is 4.90 Å². The van der Waals surface area contributed by atoms with Crippen molar-refractivity contribution in [1.82, 2.24) is 34.9 Å². The Labute approximate surface area is 145 Å². The van der Waals surface area contributed by atoms with Gasteiger partial charge in [0.05, 0.1) is 18.1 Å². The van der Waals surface area contributed by atoms with Gasteiger partial charge in [0.15, 0.2) is 11.5 Å². The summed E-state index contributed by atoms with van der Waals surface area (Å²) in [6.45, 7) is 4.53. The van der Waals surface area contributed by atoms with Crippen LogP contribution in [0.4, 0.5) is 5.82 Å². The topological polar surface area (TPSA) is 109 Å². The fourth-order valence-electron chi connectivity index (χ4n) is 3.41. The van der Waals surface area contributed by atoms with Crippen LogP contribution in [0.1, 0.15) is 25.5 Å². The summed E-state index contributed by atoms with van der Waals surface area (Å²) in [4.78, 5) is 18.2. The maximum Gasteiger partial charge on any atom is 0.182 e. The minimum Gasteiger partial charge on any atom is -0.393 e.